The summed E-state index contributed by atoms with van der Waals surface area (Å²) in [5.74, 6) is 0. The summed E-state index contributed by atoms with van der Waals surface area (Å²) >= 11 is 0. The van der Waals surface area contributed by atoms with Gasteiger partial charge in [-0.1, -0.05) is 60.7 Å². The largest absolute Gasteiger partial charge is 0.416 e. The van der Waals surface area contributed by atoms with E-state index in [1.54, 1.807) is 12.1 Å². The molecule has 3 aromatic rings. The average Bonchev–Trinajstić information content (AvgIpc) is 2.61. The molecule has 0 atom stereocenters. The van der Waals surface area contributed by atoms with Crippen molar-refractivity contribution in [3.63, 3.8) is 0 Å². The maximum absolute atomic E-state index is 12.7. The predicted octanol–water partition coefficient (Wildman–Crippen LogP) is 5.85. The van der Waals surface area contributed by atoms with E-state index < -0.39 is 11.7 Å². The quantitative estimate of drug-likeness (QED) is 0.552. The Kier molecular flexibility index (Phi) is 4.21. The van der Waals surface area contributed by atoms with E-state index in [0.29, 0.717) is 16.7 Å². The molecule has 0 aliphatic carbocycles. The fraction of sp³-hybridized carbons (Fsp3) is 0.0500. The molecule has 0 spiro atoms. The van der Waals surface area contributed by atoms with Gasteiger partial charge in [0.25, 0.3) is 0 Å². The Balaban J connectivity index is 2.11. The third-order valence-corrected chi connectivity index (χ3v) is 3.83. The molecule has 0 N–H and O–H groups in total. The van der Waals surface area contributed by atoms with Crippen molar-refractivity contribution in [2.24, 2.45) is 0 Å². The number of hydrogen-bond acceptors (Lipinski definition) is 1. The van der Waals surface area contributed by atoms with Gasteiger partial charge in [-0.3, -0.25) is 4.79 Å². The second-order valence-corrected chi connectivity index (χ2v) is 5.33. The molecule has 0 aliphatic rings. The Hall–Kier alpha value is -2.88. The minimum atomic E-state index is -4.38. The molecule has 0 saturated heterocycles. The van der Waals surface area contributed by atoms with Crippen molar-refractivity contribution in [2.45, 2.75) is 6.18 Å². The Bertz CT molecular complexity index is 850. The molecular weight excluding hydrogens is 313 g/mol. The molecule has 0 unspecified atom stereocenters. The van der Waals surface area contributed by atoms with Gasteiger partial charge in [-0.25, -0.2) is 0 Å². The Morgan fingerprint density at radius 2 is 1.21 bits per heavy atom. The first-order chi connectivity index (χ1) is 11.5. The second-order valence-electron chi connectivity index (χ2n) is 5.33. The van der Waals surface area contributed by atoms with E-state index in [-0.39, 0.29) is 0 Å². The van der Waals surface area contributed by atoms with Gasteiger partial charge in [0.05, 0.1) is 5.56 Å². The number of alkyl halides is 3. The van der Waals surface area contributed by atoms with Gasteiger partial charge in [0.2, 0.25) is 0 Å². The standard InChI is InChI=1S/C20H13F3O/c21-20(22,23)16-11-9-15(10-12-16)18-8-4-7-17(19(18)13-24)14-5-2-1-3-6-14/h1-13H. The molecule has 3 rings (SSSR count). The van der Waals surface area contributed by atoms with Gasteiger partial charge in [-0.15, -0.1) is 0 Å². The molecule has 0 aromatic heterocycles. The van der Waals surface area contributed by atoms with E-state index in [0.717, 1.165) is 29.5 Å². The van der Waals surface area contributed by atoms with Crippen LogP contribution in [0.25, 0.3) is 22.3 Å². The molecule has 0 fully saturated rings. The molecule has 0 heterocycles. The van der Waals surface area contributed by atoms with Gasteiger partial charge in [-0.05, 0) is 34.4 Å². The van der Waals surface area contributed by atoms with Gasteiger partial charge in [0.15, 0.2) is 6.29 Å². The number of carbonyl (C=O) groups is 1. The summed E-state index contributed by atoms with van der Waals surface area (Å²) in [7, 11) is 0. The van der Waals surface area contributed by atoms with Crippen molar-refractivity contribution in [1.82, 2.24) is 0 Å². The molecule has 3 aromatic carbocycles. The predicted molar refractivity (Wildman–Crippen MR) is 87.7 cm³/mol. The van der Waals surface area contributed by atoms with Crippen LogP contribution in [-0.4, -0.2) is 6.29 Å². The SMILES string of the molecule is O=Cc1c(-c2ccccc2)cccc1-c1ccc(C(F)(F)F)cc1. The normalized spacial score (nSPS) is 11.3. The van der Waals surface area contributed by atoms with Crippen LogP contribution in [0, 0.1) is 0 Å². The lowest BCUT2D eigenvalue weighted by Crippen LogP contribution is -2.04. The van der Waals surface area contributed by atoms with Gasteiger partial charge in [0, 0.05) is 5.56 Å². The molecule has 1 nitrogen and oxygen atoms in total. The maximum atomic E-state index is 12.7. The third kappa shape index (κ3) is 3.08. The number of aldehydes is 1. The number of benzene rings is 3. The lowest BCUT2D eigenvalue weighted by atomic mass is 9.92. The minimum absolute atomic E-state index is 0.462. The van der Waals surface area contributed by atoms with Gasteiger partial charge < -0.3 is 0 Å². The Morgan fingerprint density at radius 3 is 1.71 bits per heavy atom. The van der Waals surface area contributed by atoms with E-state index in [1.165, 1.54) is 12.1 Å². The van der Waals surface area contributed by atoms with Crippen LogP contribution in [0.4, 0.5) is 13.2 Å². The van der Waals surface area contributed by atoms with Crippen molar-refractivity contribution in [3.8, 4) is 22.3 Å². The monoisotopic (exact) mass is 326 g/mol. The Labute approximate surface area is 137 Å². The van der Waals surface area contributed by atoms with E-state index in [1.807, 2.05) is 36.4 Å². The van der Waals surface area contributed by atoms with Crippen LogP contribution >= 0.6 is 0 Å². The summed E-state index contributed by atoms with van der Waals surface area (Å²) in [6.45, 7) is 0. The van der Waals surface area contributed by atoms with E-state index in [2.05, 4.69) is 0 Å². The lowest BCUT2D eigenvalue weighted by Gasteiger charge is -2.12. The highest BCUT2D eigenvalue weighted by atomic mass is 19.4. The number of carbonyl (C=O) groups excluding carboxylic acids is 1. The van der Waals surface area contributed by atoms with Crippen LogP contribution in [0.2, 0.25) is 0 Å². The highest BCUT2D eigenvalue weighted by Gasteiger charge is 2.30. The number of hydrogen-bond donors (Lipinski definition) is 0. The van der Waals surface area contributed by atoms with Gasteiger partial charge in [-0.2, -0.15) is 13.2 Å². The van der Waals surface area contributed by atoms with Crippen LogP contribution < -0.4 is 0 Å². The molecule has 4 heteroatoms. The van der Waals surface area contributed by atoms with Crippen molar-refractivity contribution in [1.29, 1.82) is 0 Å². The van der Waals surface area contributed by atoms with Gasteiger partial charge >= 0.3 is 6.18 Å². The number of halogens is 3. The average molecular weight is 326 g/mol. The van der Waals surface area contributed by atoms with Crippen LogP contribution in [0.1, 0.15) is 15.9 Å². The summed E-state index contributed by atoms with van der Waals surface area (Å²) in [6, 6.07) is 19.6. The summed E-state index contributed by atoms with van der Waals surface area (Å²) in [5.41, 5.74) is 2.57. The fourth-order valence-corrected chi connectivity index (χ4v) is 2.65. The maximum Gasteiger partial charge on any atom is 0.416 e. The molecular formula is C20H13F3O. The smallest absolute Gasteiger partial charge is 0.298 e. The fourth-order valence-electron chi connectivity index (χ4n) is 2.65. The highest BCUT2D eigenvalue weighted by Crippen LogP contribution is 2.34. The summed E-state index contributed by atoms with van der Waals surface area (Å²) < 4.78 is 38.1. The molecule has 24 heavy (non-hydrogen) atoms. The van der Waals surface area contributed by atoms with Crippen molar-refractivity contribution in [3.05, 3.63) is 83.9 Å². The first-order valence-electron chi connectivity index (χ1n) is 7.32. The first-order valence-corrected chi connectivity index (χ1v) is 7.32. The van der Waals surface area contributed by atoms with Crippen molar-refractivity contribution >= 4 is 6.29 Å². The summed E-state index contributed by atoms with van der Waals surface area (Å²) in [5, 5.41) is 0. The zero-order valence-corrected chi connectivity index (χ0v) is 12.5. The van der Waals surface area contributed by atoms with Crippen LogP contribution in [0.15, 0.2) is 72.8 Å². The Morgan fingerprint density at radius 1 is 0.667 bits per heavy atom. The number of rotatable bonds is 3. The zero-order chi connectivity index (χ0) is 17.2. The van der Waals surface area contributed by atoms with Crippen molar-refractivity contribution in [2.75, 3.05) is 0 Å². The minimum Gasteiger partial charge on any atom is -0.298 e. The molecule has 120 valence electrons. The molecule has 0 amide bonds. The van der Waals surface area contributed by atoms with E-state index in [9.17, 15) is 18.0 Å². The zero-order valence-electron chi connectivity index (χ0n) is 12.5. The molecule has 0 bridgehead atoms. The van der Waals surface area contributed by atoms with Crippen LogP contribution in [-0.2, 0) is 6.18 Å². The van der Waals surface area contributed by atoms with Crippen LogP contribution in [0.5, 0.6) is 0 Å². The molecule has 0 aliphatic heterocycles. The molecule has 0 saturated carbocycles. The summed E-state index contributed by atoms with van der Waals surface area (Å²) in [6.07, 6.45) is -3.63. The van der Waals surface area contributed by atoms with Crippen LogP contribution in [0.3, 0.4) is 0 Å². The second kappa shape index (κ2) is 6.32. The lowest BCUT2D eigenvalue weighted by molar-refractivity contribution is -0.137. The highest BCUT2D eigenvalue weighted by molar-refractivity contribution is 5.96. The third-order valence-electron chi connectivity index (χ3n) is 3.83. The van der Waals surface area contributed by atoms with Crippen molar-refractivity contribution < 1.29 is 18.0 Å². The van der Waals surface area contributed by atoms with E-state index >= 15 is 0 Å². The van der Waals surface area contributed by atoms with E-state index in [4.69, 9.17) is 0 Å². The molecule has 0 radical (unpaired) electrons. The summed E-state index contributed by atoms with van der Waals surface area (Å²) in [4.78, 5) is 11.6. The topological polar surface area (TPSA) is 17.1 Å². The first kappa shape index (κ1) is 16.0. The van der Waals surface area contributed by atoms with Gasteiger partial charge in [0.1, 0.15) is 0 Å².